The van der Waals surface area contributed by atoms with E-state index in [0.29, 0.717) is 5.44 Å². The summed E-state index contributed by atoms with van der Waals surface area (Å²) in [5, 5.41) is 0. The van der Waals surface area contributed by atoms with Crippen LogP contribution in [0.15, 0.2) is 0 Å². The molecule has 0 amide bonds. The van der Waals surface area contributed by atoms with E-state index in [1.54, 1.807) is 7.11 Å². The van der Waals surface area contributed by atoms with Crippen molar-refractivity contribution >= 4 is 11.8 Å². The molecule has 1 heterocycles. The minimum Gasteiger partial charge on any atom is -0.371 e. The molecule has 0 radical (unpaired) electrons. The van der Waals surface area contributed by atoms with E-state index in [1.807, 2.05) is 11.8 Å². The SMILES string of the molecule is CO[C@@H]1C[C@H](C)CCS1. The molecule has 54 valence electrons. The summed E-state index contributed by atoms with van der Waals surface area (Å²) < 4.78 is 5.22. The average Bonchev–Trinajstić information content (AvgIpc) is 1.88. The summed E-state index contributed by atoms with van der Waals surface area (Å²) in [6, 6.07) is 0. The summed E-state index contributed by atoms with van der Waals surface area (Å²) in [4.78, 5) is 0. The zero-order valence-electron chi connectivity index (χ0n) is 6.09. The Bertz CT molecular complexity index is 85.0. The summed E-state index contributed by atoms with van der Waals surface area (Å²) in [5.41, 5.74) is 0.480. The predicted octanol–water partition coefficient (Wildman–Crippen LogP) is 2.12. The smallest absolute Gasteiger partial charge is 0.103 e. The van der Waals surface area contributed by atoms with Gasteiger partial charge >= 0.3 is 0 Å². The maximum atomic E-state index is 5.22. The van der Waals surface area contributed by atoms with Crippen molar-refractivity contribution in [3.8, 4) is 0 Å². The fourth-order valence-electron chi connectivity index (χ4n) is 1.08. The Morgan fingerprint density at radius 2 is 2.33 bits per heavy atom. The molecule has 1 fully saturated rings. The minimum absolute atomic E-state index is 0.480. The Morgan fingerprint density at radius 1 is 1.56 bits per heavy atom. The Kier molecular flexibility index (Phi) is 2.86. The van der Waals surface area contributed by atoms with Crippen LogP contribution in [0.1, 0.15) is 19.8 Å². The van der Waals surface area contributed by atoms with Crippen LogP contribution in [0.2, 0.25) is 0 Å². The lowest BCUT2D eigenvalue weighted by Gasteiger charge is -2.24. The largest absolute Gasteiger partial charge is 0.371 e. The Hall–Kier alpha value is 0.310. The normalized spacial score (nSPS) is 36.7. The van der Waals surface area contributed by atoms with Crippen LogP contribution in [-0.2, 0) is 4.74 Å². The fraction of sp³-hybridized carbons (Fsp3) is 1.00. The van der Waals surface area contributed by atoms with E-state index in [2.05, 4.69) is 6.92 Å². The molecule has 1 saturated heterocycles. The molecule has 0 saturated carbocycles. The van der Waals surface area contributed by atoms with Gasteiger partial charge in [0.05, 0.1) is 0 Å². The summed E-state index contributed by atoms with van der Waals surface area (Å²) in [7, 11) is 1.80. The van der Waals surface area contributed by atoms with E-state index < -0.39 is 0 Å². The van der Waals surface area contributed by atoms with Gasteiger partial charge in [-0.1, -0.05) is 6.92 Å². The van der Waals surface area contributed by atoms with Crippen LogP contribution >= 0.6 is 11.8 Å². The third kappa shape index (κ3) is 2.18. The van der Waals surface area contributed by atoms with Crippen LogP contribution in [0.4, 0.5) is 0 Å². The number of ether oxygens (including phenoxy) is 1. The van der Waals surface area contributed by atoms with Crippen LogP contribution in [0.25, 0.3) is 0 Å². The highest BCUT2D eigenvalue weighted by Gasteiger charge is 2.17. The van der Waals surface area contributed by atoms with Gasteiger partial charge in [-0.25, -0.2) is 0 Å². The molecule has 2 heteroatoms. The summed E-state index contributed by atoms with van der Waals surface area (Å²) >= 11 is 1.94. The molecular formula is C7H14OS. The lowest BCUT2D eigenvalue weighted by molar-refractivity contribution is 0.146. The highest BCUT2D eigenvalue weighted by Crippen LogP contribution is 2.29. The standard InChI is InChI=1S/C7H14OS/c1-6-3-4-9-7(5-6)8-2/h6-7H,3-5H2,1-2H3/t6-,7+/m1/s1. The lowest BCUT2D eigenvalue weighted by Crippen LogP contribution is -2.17. The van der Waals surface area contributed by atoms with Crippen molar-refractivity contribution in [3.05, 3.63) is 0 Å². The first kappa shape index (κ1) is 7.42. The average molecular weight is 146 g/mol. The Labute approximate surface area is 61.2 Å². The lowest BCUT2D eigenvalue weighted by atomic mass is 10.1. The van der Waals surface area contributed by atoms with Gasteiger partial charge in [0.2, 0.25) is 0 Å². The van der Waals surface area contributed by atoms with E-state index in [1.165, 1.54) is 18.6 Å². The first-order valence-corrected chi connectivity index (χ1v) is 4.52. The van der Waals surface area contributed by atoms with Crippen LogP contribution in [-0.4, -0.2) is 18.3 Å². The maximum absolute atomic E-state index is 5.22. The van der Waals surface area contributed by atoms with Gasteiger partial charge in [0.1, 0.15) is 5.44 Å². The topological polar surface area (TPSA) is 9.23 Å². The zero-order valence-corrected chi connectivity index (χ0v) is 6.91. The summed E-state index contributed by atoms with van der Waals surface area (Å²) in [6.45, 7) is 2.30. The molecule has 0 aliphatic carbocycles. The van der Waals surface area contributed by atoms with Gasteiger partial charge in [-0.2, -0.15) is 0 Å². The molecule has 1 aliphatic heterocycles. The van der Waals surface area contributed by atoms with Gasteiger partial charge < -0.3 is 4.74 Å². The first-order chi connectivity index (χ1) is 4.33. The van der Waals surface area contributed by atoms with Crippen molar-refractivity contribution in [1.29, 1.82) is 0 Å². The third-order valence-electron chi connectivity index (χ3n) is 1.77. The molecule has 0 aromatic carbocycles. The molecule has 1 nitrogen and oxygen atoms in total. The number of rotatable bonds is 1. The highest BCUT2D eigenvalue weighted by molar-refractivity contribution is 7.99. The van der Waals surface area contributed by atoms with E-state index in [0.717, 1.165) is 5.92 Å². The molecule has 0 spiro atoms. The van der Waals surface area contributed by atoms with Crippen molar-refractivity contribution in [3.63, 3.8) is 0 Å². The number of hydrogen-bond donors (Lipinski definition) is 0. The maximum Gasteiger partial charge on any atom is 0.103 e. The molecule has 0 aromatic rings. The second-order valence-corrected chi connectivity index (χ2v) is 3.93. The van der Waals surface area contributed by atoms with E-state index in [4.69, 9.17) is 4.74 Å². The van der Waals surface area contributed by atoms with Gasteiger partial charge in [-0.3, -0.25) is 0 Å². The number of hydrogen-bond acceptors (Lipinski definition) is 2. The predicted molar refractivity (Wildman–Crippen MR) is 41.7 cm³/mol. The molecular weight excluding hydrogens is 132 g/mol. The Balaban J connectivity index is 2.23. The van der Waals surface area contributed by atoms with Crippen molar-refractivity contribution < 1.29 is 4.74 Å². The minimum atomic E-state index is 0.480. The molecule has 0 bridgehead atoms. The molecule has 1 rings (SSSR count). The monoisotopic (exact) mass is 146 g/mol. The van der Waals surface area contributed by atoms with Crippen LogP contribution in [0.5, 0.6) is 0 Å². The van der Waals surface area contributed by atoms with Crippen molar-refractivity contribution in [1.82, 2.24) is 0 Å². The molecule has 0 N–H and O–H groups in total. The molecule has 0 unspecified atom stereocenters. The van der Waals surface area contributed by atoms with Crippen LogP contribution < -0.4 is 0 Å². The van der Waals surface area contributed by atoms with Gasteiger partial charge in [0, 0.05) is 7.11 Å². The van der Waals surface area contributed by atoms with Gasteiger partial charge in [0.15, 0.2) is 0 Å². The molecule has 0 aromatic heterocycles. The summed E-state index contributed by atoms with van der Waals surface area (Å²) in [6.07, 6.45) is 2.60. The molecule has 9 heavy (non-hydrogen) atoms. The molecule has 2 atom stereocenters. The Morgan fingerprint density at radius 3 is 2.78 bits per heavy atom. The molecule has 1 aliphatic rings. The highest BCUT2D eigenvalue weighted by atomic mass is 32.2. The van der Waals surface area contributed by atoms with Gasteiger partial charge in [0.25, 0.3) is 0 Å². The van der Waals surface area contributed by atoms with Crippen LogP contribution in [0, 0.1) is 5.92 Å². The zero-order chi connectivity index (χ0) is 6.69. The van der Waals surface area contributed by atoms with Gasteiger partial charge in [-0.05, 0) is 24.5 Å². The van der Waals surface area contributed by atoms with Crippen molar-refractivity contribution in [2.45, 2.75) is 25.2 Å². The fourth-order valence-corrected chi connectivity index (χ4v) is 2.48. The second kappa shape index (κ2) is 3.47. The number of methoxy groups -OCH3 is 1. The second-order valence-electron chi connectivity index (χ2n) is 2.67. The van der Waals surface area contributed by atoms with Crippen LogP contribution in [0.3, 0.4) is 0 Å². The van der Waals surface area contributed by atoms with Gasteiger partial charge in [-0.15, -0.1) is 11.8 Å². The quantitative estimate of drug-likeness (QED) is 0.560. The third-order valence-corrected chi connectivity index (χ3v) is 3.00. The first-order valence-electron chi connectivity index (χ1n) is 3.47. The van der Waals surface area contributed by atoms with Crippen molar-refractivity contribution in [2.24, 2.45) is 5.92 Å². The van der Waals surface area contributed by atoms with E-state index >= 15 is 0 Å². The van der Waals surface area contributed by atoms with Crippen molar-refractivity contribution in [2.75, 3.05) is 12.9 Å². The van der Waals surface area contributed by atoms with E-state index in [9.17, 15) is 0 Å². The van der Waals surface area contributed by atoms with E-state index in [-0.39, 0.29) is 0 Å². The number of thioether (sulfide) groups is 1. The summed E-state index contributed by atoms with van der Waals surface area (Å²) in [5.74, 6) is 2.15.